The van der Waals surface area contributed by atoms with Crippen LogP contribution in [0.5, 0.6) is 0 Å². The lowest BCUT2D eigenvalue weighted by atomic mass is 10.2. The molecule has 0 atom stereocenters. The van der Waals surface area contributed by atoms with Crippen LogP contribution in [-0.4, -0.2) is 14.8 Å². The Morgan fingerprint density at radius 1 is 1.22 bits per heavy atom. The lowest BCUT2D eigenvalue weighted by molar-refractivity contribution is 0.581. The number of hydrogen-bond acceptors (Lipinski definition) is 3. The summed E-state index contributed by atoms with van der Waals surface area (Å²) >= 11 is 0. The molecule has 0 bridgehead atoms. The predicted molar refractivity (Wildman–Crippen MR) is 64.2 cm³/mol. The van der Waals surface area contributed by atoms with Gasteiger partial charge in [-0.1, -0.05) is 6.07 Å². The molecule has 0 unspecified atom stereocenters. The van der Waals surface area contributed by atoms with Gasteiger partial charge < -0.3 is 9.88 Å². The molecule has 1 heterocycles. The van der Waals surface area contributed by atoms with E-state index in [1.165, 1.54) is 12.1 Å². The standard InChI is InChI=1S/C12H14F2N4/c1-7-4-5-9(13)12(11(7)14)15-6-10-17-16-8(2)18(10)3/h4-5,15H,6H2,1-3H3. The highest BCUT2D eigenvalue weighted by atomic mass is 19.1. The Kier molecular flexibility index (Phi) is 3.27. The molecule has 0 saturated heterocycles. The number of nitrogens with one attached hydrogen (secondary N) is 1. The Morgan fingerprint density at radius 3 is 2.56 bits per heavy atom. The maximum Gasteiger partial charge on any atom is 0.152 e. The SMILES string of the molecule is Cc1ccc(F)c(NCc2nnc(C)n2C)c1F. The molecule has 1 N–H and O–H groups in total. The monoisotopic (exact) mass is 252 g/mol. The number of rotatable bonds is 3. The van der Waals surface area contributed by atoms with Crippen LogP contribution in [0.1, 0.15) is 17.2 Å². The van der Waals surface area contributed by atoms with E-state index in [0.29, 0.717) is 11.4 Å². The molecule has 18 heavy (non-hydrogen) atoms. The topological polar surface area (TPSA) is 42.7 Å². The summed E-state index contributed by atoms with van der Waals surface area (Å²) in [6.07, 6.45) is 0. The Morgan fingerprint density at radius 2 is 1.94 bits per heavy atom. The fourth-order valence-corrected chi connectivity index (χ4v) is 1.59. The second-order valence-corrected chi connectivity index (χ2v) is 4.13. The quantitative estimate of drug-likeness (QED) is 0.911. The molecule has 0 spiro atoms. The van der Waals surface area contributed by atoms with Crippen molar-refractivity contribution in [2.45, 2.75) is 20.4 Å². The molecule has 0 saturated carbocycles. The fraction of sp³-hybridized carbons (Fsp3) is 0.333. The summed E-state index contributed by atoms with van der Waals surface area (Å²) in [5, 5.41) is 10.5. The number of anilines is 1. The lowest BCUT2D eigenvalue weighted by Crippen LogP contribution is -2.09. The van der Waals surface area contributed by atoms with E-state index in [2.05, 4.69) is 15.5 Å². The van der Waals surface area contributed by atoms with E-state index >= 15 is 0 Å². The maximum atomic E-state index is 13.7. The molecule has 1 aromatic carbocycles. The molecular weight excluding hydrogens is 238 g/mol. The van der Waals surface area contributed by atoms with E-state index in [-0.39, 0.29) is 12.2 Å². The van der Waals surface area contributed by atoms with E-state index in [9.17, 15) is 8.78 Å². The normalized spacial score (nSPS) is 10.7. The summed E-state index contributed by atoms with van der Waals surface area (Å²) in [6.45, 7) is 3.62. The molecule has 0 fully saturated rings. The minimum atomic E-state index is -0.614. The van der Waals surface area contributed by atoms with Gasteiger partial charge in [0.2, 0.25) is 0 Å². The van der Waals surface area contributed by atoms with Crippen molar-refractivity contribution < 1.29 is 8.78 Å². The molecule has 2 aromatic rings. The average Bonchev–Trinajstić information content (AvgIpc) is 2.66. The molecule has 96 valence electrons. The second kappa shape index (κ2) is 4.72. The van der Waals surface area contributed by atoms with Crippen LogP contribution in [-0.2, 0) is 13.6 Å². The molecule has 1 aromatic heterocycles. The van der Waals surface area contributed by atoms with Gasteiger partial charge in [-0.15, -0.1) is 10.2 Å². The highest BCUT2D eigenvalue weighted by Gasteiger charge is 2.12. The molecule has 4 nitrogen and oxygen atoms in total. The summed E-state index contributed by atoms with van der Waals surface area (Å²) in [6, 6.07) is 2.64. The van der Waals surface area contributed by atoms with Gasteiger partial charge in [-0.25, -0.2) is 8.78 Å². The third-order valence-electron chi connectivity index (χ3n) is 2.89. The molecule has 2 rings (SSSR count). The Balaban J connectivity index is 2.21. The largest absolute Gasteiger partial charge is 0.373 e. The number of aryl methyl sites for hydroxylation is 2. The van der Waals surface area contributed by atoms with Crippen molar-refractivity contribution in [3.63, 3.8) is 0 Å². The van der Waals surface area contributed by atoms with Gasteiger partial charge in [0, 0.05) is 7.05 Å². The first-order valence-corrected chi connectivity index (χ1v) is 5.54. The van der Waals surface area contributed by atoms with E-state index in [1.807, 2.05) is 6.92 Å². The van der Waals surface area contributed by atoms with Crippen LogP contribution < -0.4 is 5.32 Å². The first kappa shape index (κ1) is 12.5. The van der Waals surface area contributed by atoms with Crippen molar-refractivity contribution in [1.29, 1.82) is 0 Å². The summed E-state index contributed by atoms with van der Waals surface area (Å²) in [4.78, 5) is 0. The molecule has 0 aliphatic rings. The lowest BCUT2D eigenvalue weighted by Gasteiger charge is -2.10. The molecule has 0 amide bonds. The summed E-state index contributed by atoms with van der Waals surface area (Å²) in [7, 11) is 1.80. The second-order valence-electron chi connectivity index (χ2n) is 4.13. The van der Waals surface area contributed by atoms with Gasteiger partial charge in [0.05, 0.1) is 6.54 Å². The number of benzene rings is 1. The van der Waals surface area contributed by atoms with Crippen LogP contribution in [0.3, 0.4) is 0 Å². The van der Waals surface area contributed by atoms with Crippen molar-refractivity contribution in [1.82, 2.24) is 14.8 Å². The minimum Gasteiger partial charge on any atom is -0.373 e. The highest BCUT2D eigenvalue weighted by Crippen LogP contribution is 2.22. The smallest absolute Gasteiger partial charge is 0.152 e. The highest BCUT2D eigenvalue weighted by molar-refractivity contribution is 5.48. The van der Waals surface area contributed by atoms with Crippen LogP contribution in [0, 0.1) is 25.5 Å². The van der Waals surface area contributed by atoms with Gasteiger partial charge in [0.15, 0.2) is 11.6 Å². The Labute approximate surface area is 104 Å². The van der Waals surface area contributed by atoms with Crippen molar-refractivity contribution in [2.24, 2.45) is 7.05 Å². The van der Waals surface area contributed by atoms with Gasteiger partial charge in [-0.2, -0.15) is 0 Å². The molecule has 0 radical (unpaired) electrons. The van der Waals surface area contributed by atoms with Crippen molar-refractivity contribution >= 4 is 5.69 Å². The van der Waals surface area contributed by atoms with E-state index < -0.39 is 11.6 Å². The van der Waals surface area contributed by atoms with E-state index in [4.69, 9.17) is 0 Å². The maximum absolute atomic E-state index is 13.7. The average molecular weight is 252 g/mol. The van der Waals surface area contributed by atoms with Crippen molar-refractivity contribution in [3.05, 3.63) is 41.0 Å². The van der Waals surface area contributed by atoms with Crippen molar-refractivity contribution in [3.8, 4) is 0 Å². The zero-order valence-electron chi connectivity index (χ0n) is 10.5. The van der Waals surface area contributed by atoms with Gasteiger partial charge in [-0.05, 0) is 25.5 Å². The molecule has 6 heteroatoms. The van der Waals surface area contributed by atoms with E-state index in [1.54, 1.807) is 18.5 Å². The molecule has 0 aliphatic carbocycles. The van der Waals surface area contributed by atoms with Crippen LogP contribution in [0.4, 0.5) is 14.5 Å². The van der Waals surface area contributed by atoms with Crippen LogP contribution >= 0.6 is 0 Å². The number of nitrogens with zero attached hydrogens (tertiary/aromatic N) is 3. The van der Waals surface area contributed by atoms with Gasteiger partial charge in [0.1, 0.15) is 17.3 Å². The van der Waals surface area contributed by atoms with Crippen LogP contribution in [0.25, 0.3) is 0 Å². The van der Waals surface area contributed by atoms with Crippen LogP contribution in [0.2, 0.25) is 0 Å². The van der Waals surface area contributed by atoms with Gasteiger partial charge in [0.25, 0.3) is 0 Å². The van der Waals surface area contributed by atoms with Gasteiger partial charge in [-0.3, -0.25) is 0 Å². The Hall–Kier alpha value is -1.98. The number of aromatic nitrogens is 3. The number of halogens is 2. The summed E-state index contributed by atoms with van der Waals surface area (Å²) < 4.78 is 29.0. The number of hydrogen-bond donors (Lipinski definition) is 1. The van der Waals surface area contributed by atoms with Gasteiger partial charge >= 0.3 is 0 Å². The Bertz CT molecular complexity index is 578. The third-order valence-corrected chi connectivity index (χ3v) is 2.89. The zero-order valence-corrected chi connectivity index (χ0v) is 10.5. The summed E-state index contributed by atoms with van der Waals surface area (Å²) in [5.41, 5.74) is 0.267. The summed E-state index contributed by atoms with van der Waals surface area (Å²) in [5.74, 6) is 0.177. The minimum absolute atomic E-state index is 0.129. The molecule has 0 aliphatic heterocycles. The first-order chi connectivity index (χ1) is 8.50. The third kappa shape index (κ3) is 2.18. The van der Waals surface area contributed by atoms with E-state index in [0.717, 1.165) is 5.82 Å². The van der Waals surface area contributed by atoms with Crippen LogP contribution in [0.15, 0.2) is 12.1 Å². The molecular formula is C12H14F2N4. The fourth-order valence-electron chi connectivity index (χ4n) is 1.59. The predicted octanol–water partition coefficient (Wildman–Crippen LogP) is 2.32. The first-order valence-electron chi connectivity index (χ1n) is 5.54. The zero-order chi connectivity index (χ0) is 13.3. The van der Waals surface area contributed by atoms with Crippen molar-refractivity contribution in [2.75, 3.05) is 5.32 Å².